The molecule has 102 valence electrons. The number of anilines is 2. The van der Waals surface area contributed by atoms with Crippen LogP contribution in [-0.4, -0.2) is 23.6 Å². The van der Waals surface area contributed by atoms with E-state index in [0.29, 0.717) is 0 Å². The maximum atomic E-state index is 4.39. The zero-order valence-corrected chi connectivity index (χ0v) is 11.9. The zero-order valence-electron chi connectivity index (χ0n) is 11.9. The van der Waals surface area contributed by atoms with Gasteiger partial charge in [0.1, 0.15) is 5.82 Å². The van der Waals surface area contributed by atoms with Gasteiger partial charge in [-0.15, -0.1) is 0 Å². The summed E-state index contributed by atoms with van der Waals surface area (Å²) in [7, 11) is 4.09. The van der Waals surface area contributed by atoms with Gasteiger partial charge < -0.3 is 14.8 Å². The van der Waals surface area contributed by atoms with Gasteiger partial charge in [-0.1, -0.05) is 6.92 Å². The number of benzene rings is 1. The van der Waals surface area contributed by atoms with Gasteiger partial charge in [-0.3, -0.25) is 0 Å². The fraction of sp³-hybridized carbons (Fsp3) is 0.400. The predicted octanol–water partition coefficient (Wildman–Crippen LogP) is 2.97. The summed E-state index contributed by atoms with van der Waals surface area (Å²) in [5, 5.41) is 3.41. The SMILES string of the molecule is CCCn1ccnc1CNc1ccc(N(C)C)cc1. The summed E-state index contributed by atoms with van der Waals surface area (Å²) in [6, 6.07) is 8.42. The molecular weight excluding hydrogens is 236 g/mol. The maximum Gasteiger partial charge on any atom is 0.128 e. The van der Waals surface area contributed by atoms with Crippen molar-refractivity contribution in [3.05, 3.63) is 42.5 Å². The number of aryl methyl sites for hydroxylation is 1. The van der Waals surface area contributed by atoms with Crippen molar-refractivity contribution in [1.82, 2.24) is 9.55 Å². The van der Waals surface area contributed by atoms with Crippen LogP contribution in [0.25, 0.3) is 0 Å². The lowest BCUT2D eigenvalue weighted by Gasteiger charge is -2.13. The van der Waals surface area contributed by atoms with Crippen LogP contribution in [0.5, 0.6) is 0 Å². The van der Waals surface area contributed by atoms with E-state index in [0.717, 1.165) is 31.0 Å². The van der Waals surface area contributed by atoms with Crippen LogP contribution in [-0.2, 0) is 13.1 Å². The first-order valence-electron chi connectivity index (χ1n) is 6.72. The lowest BCUT2D eigenvalue weighted by molar-refractivity contribution is 0.644. The first kappa shape index (κ1) is 13.5. The Balaban J connectivity index is 1.96. The maximum absolute atomic E-state index is 4.39. The second-order valence-corrected chi connectivity index (χ2v) is 4.83. The fourth-order valence-corrected chi connectivity index (χ4v) is 2.01. The molecule has 2 rings (SSSR count). The molecule has 0 saturated carbocycles. The van der Waals surface area contributed by atoms with Crippen molar-refractivity contribution in [2.75, 3.05) is 24.3 Å². The average molecular weight is 258 g/mol. The second kappa shape index (κ2) is 6.27. The molecule has 19 heavy (non-hydrogen) atoms. The molecular formula is C15H22N4. The number of nitrogens with one attached hydrogen (secondary N) is 1. The van der Waals surface area contributed by atoms with Crippen LogP contribution in [0.1, 0.15) is 19.2 Å². The molecule has 0 aliphatic carbocycles. The Morgan fingerprint density at radius 2 is 1.95 bits per heavy atom. The molecule has 0 spiro atoms. The normalized spacial score (nSPS) is 10.5. The van der Waals surface area contributed by atoms with Crippen LogP contribution in [0.2, 0.25) is 0 Å². The second-order valence-electron chi connectivity index (χ2n) is 4.83. The van der Waals surface area contributed by atoms with E-state index in [1.165, 1.54) is 5.69 Å². The predicted molar refractivity (Wildman–Crippen MR) is 80.6 cm³/mol. The number of hydrogen-bond donors (Lipinski definition) is 1. The molecule has 4 heteroatoms. The minimum atomic E-state index is 0.758. The van der Waals surface area contributed by atoms with E-state index in [4.69, 9.17) is 0 Å². The standard InChI is InChI=1S/C15H22N4/c1-4-10-19-11-9-16-15(19)12-17-13-5-7-14(8-6-13)18(2)3/h5-9,11,17H,4,10,12H2,1-3H3. The Kier molecular flexibility index (Phi) is 4.44. The lowest BCUT2D eigenvalue weighted by Crippen LogP contribution is -2.10. The molecule has 0 unspecified atom stereocenters. The minimum absolute atomic E-state index is 0.758. The number of nitrogens with zero attached hydrogens (tertiary/aromatic N) is 3. The van der Waals surface area contributed by atoms with Crippen LogP contribution >= 0.6 is 0 Å². The van der Waals surface area contributed by atoms with Crippen molar-refractivity contribution >= 4 is 11.4 Å². The topological polar surface area (TPSA) is 33.1 Å². The van der Waals surface area contributed by atoms with Crippen LogP contribution in [0.15, 0.2) is 36.7 Å². The van der Waals surface area contributed by atoms with E-state index in [-0.39, 0.29) is 0 Å². The van der Waals surface area contributed by atoms with Gasteiger partial charge in [0, 0.05) is 44.4 Å². The molecule has 0 bridgehead atoms. The van der Waals surface area contributed by atoms with Crippen LogP contribution in [0, 0.1) is 0 Å². The quantitative estimate of drug-likeness (QED) is 0.864. The van der Waals surface area contributed by atoms with Gasteiger partial charge >= 0.3 is 0 Å². The van der Waals surface area contributed by atoms with Gasteiger partial charge in [0.2, 0.25) is 0 Å². The van der Waals surface area contributed by atoms with E-state index in [9.17, 15) is 0 Å². The molecule has 2 aromatic rings. The molecule has 0 atom stereocenters. The highest BCUT2D eigenvalue weighted by Crippen LogP contribution is 2.16. The summed E-state index contributed by atoms with van der Waals surface area (Å²) in [5.41, 5.74) is 2.33. The molecule has 1 aromatic heterocycles. The molecule has 0 amide bonds. The van der Waals surface area contributed by atoms with Crippen LogP contribution < -0.4 is 10.2 Å². The molecule has 1 aromatic carbocycles. The zero-order chi connectivity index (χ0) is 13.7. The summed E-state index contributed by atoms with van der Waals surface area (Å²) in [4.78, 5) is 6.48. The highest BCUT2D eigenvalue weighted by atomic mass is 15.1. The Morgan fingerprint density at radius 3 is 2.58 bits per heavy atom. The van der Waals surface area contributed by atoms with Gasteiger partial charge in [-0.2, -0.15) is 0 Å². The Labute approximate surface area is 115 Å². The van der Waals surface area contributed by atoms with E-state index < -0.39 is 0 Å². The van der Waals surface area contributed by atoms with Gasteiger partial charge in [0.15, 0.2) is 0 Å². The molecule has 4 nitrogen and oxygen atoms in total. The summed E-state index contributed by atoms with van der Waals surface area (Å²) in [5.74, 6) is 1.08. The summed E-state index contributed by atoms with van der Waals surface area (Å²) >= 11 is 0. The van der Waals surface area contributed by atoms with Crippen LogP contribution in [0.4, 0.5) is 11.4 Å². The van der Waals surface area contributed by atoms with E-state index in [1.807, 2.05) is 26.5 Å². The first-order chi connectivity index (χ1) is 9.20. The van der Waals surface area contributed by atoms with Crippen molar-refractivity contribution in [2.45, 2.75) is 26.4 Å². The number of rotatable bonds is 6. The highest BCUT2D eigenvalue weighted by molar-refractivity contribution is 5.54. The van der Waals surface area contributed by atoms with E-state index in [2.05, 4.69) is 51.0 Å². The van der Waals surface area contributed by atoms with Crippen molar-refractivity contribution in [3.8, 4) is 0 Å². The lowest BCUT2D eigenvalue weighted by atomic mass is 10.2. The van der Waals surface area contributed by atoms with Crippen molar-refractivity contribution in [2.24, 2.45) is 0 Å². The van der Waals surface area contributed by atoms with Crippen LogP contribution in [0.3, 0.4) is 0 Å². The molecule has 0 fully saturated rings. The van der Waals surface area contributed by atoms with E-state index in [1.54, 1.807) is 0 Å². The third-order valence-corrected chi connectivity index (χ3v) is 3.10. The fourth-order valence-electron chi connectivity index (χ4n) is 2.01. The third-order valence-electron chi connectivity index (χ3n) is 3.10. The smallest absolute Gasteiger partial charge is 0.128 e. The van der Waals surface area contributed by atoms with Crippen molar-refractivity contribution in [1.29, 1.82) is 0 Å². The summed E-state index contributed by atoms with van der Waals surface area (Å²) in [6.45, 7) is 3.96. The van der Waals surface area contributed by atoms with Crippen molar-refractivity contribution < 1.29 is 0 Å². The minimum Gasteiger partial charge on any atom is -0.378 e. The average Bonchev–Trinajstić information content (AvgIpc) is 2.85. The monoisotopic (exact) mass is 258 g/mol. The van der Waals surface area contributed by atoms with E-state index >= 15 is 0 Å². The van der Waals surface area contributed by atoms with Crippen molar-refractivity contribution in [3.63, 3.8) is 0 Å². The molecule has 1 N–H and O–H groups in total. The first-order valence-corrected chi connectivity index (χ1v) is 6.72. The Hall–Kier alpha value is -1.97. The van der Waals surface area contributed by atoms with Gasteiger partial charge in [0.25, 0.3) is 0 Å². The molecule has 0 aliphatic rings. The number of aromatic nitrogens is 2. The summed E-state index contributed by atoms with van der Waals surface area (Å²) < 4.78 is 2.20. The Bertz CT molecular complexity index is 499. The van der Waals surface area contributed by atoms with Gasteiger partial charge in [0.05, 0.1) is 6.54 Å². The Morgan fingerprint density at radius 1 is 1.21 bits per heavy atom. The summed E-state index contributed by atoms with van der Waals surface area (Å²) in [6.07, 6.45) is 5.03. The van der Waals surface area contributed by atoms with Gasteiger partial charge in [-0.05, 0) is 30.7 Å². The highest BCUT2D eigenvalue weighted by Gasteiger charge is 2.02. The molecule has 0 radical (unpaired) electrons. The number of hydrogen-bond acceptors (Lipinski definition) is 3. The largest absolute Gasteiger partial charge is 0.378 e. The number of imidazole rings is 1. The third kappa shape index (κ3) is 3.50. The molecule has 1 heterocycles. The molecule has 0 aliphatic heterocycles. The molecule has 0 saturated heterocycles. The van der Waals surface area contributed by atoms with Gasteiger partial charge in [-0.25, -0.2) is 4.98 Å².